The molecular weight excluding hydrogens is 264 g/mol. The average molecular weight is 280 g/mol. The third-order valence-electron chi connectivity index (χ3n) is 2.62. The number of oxazole rings is 1. The lowest BCUT2D eigenvalue weighted by Gasteiger charge is -2.19. The van der Waals surface area contributed by atoms with Crippen LogP contribution >= 0.6 is 0 Å². The molecule has 2 rings (SSSR count). The molecule has 0 aliphatic heterocycles. The van der Waals surface area contributed by atoms with Crippen LogP contribution in [-0.4, -0.2) is 13.4 Å². The summed E-state index contributed by atoms with van der Waals surface area (Å²) in [6.07, 6.45) is 2.51. The van der Waals surface area contributed by atoms with Crippen LogP contribution < -0.4 is 4.72 Å². The zero-order chi connectivity index (χ0) is 14.1. The van der Waals surface area contributed by atoms with E-state index in [1.54, 1.807) is 12.1 Å². The first kappa shape index (κ1) is 13.6. The Morgan fingerprint density at radius 3 is 2.58 bits per heavy atom. The molecule has 102 valence electrons. The zero-order valence-electron chi connectivity index (χ0n) is 11.0. The van der Waals surface area contributed by atoms with Gasteiger partial charge >= 0.3 is 15.2 Å². The van der Waals surface area contributed by atoms with Crippen molar-refractivity contribution in [1.29, 1.82) is 0 Å². The highest BCUT2D eigenvalue weighted by atomic mass is 32.2. The first-order valence-electron chi connectivity index (χ1n) is 5.82. The van der Waals surface area contributed by atoms with Crippen LogP contribution in [0.15, 0.2) is 46.4 Å². The van der Waals surface area contributed by atoms with Crippen molar-refractivity contribution >= 4 is 15.7 Å². The molecule has 0 amide bonds. The molecule has 0 atom stereocenters. The quantitative estimate of drug-likeness (QED) is 0.938. The summed E-state index contributed by atoms with van der Waals surface area (Å²) >= 11 is 0. The summed E-state index contributed by atoms with van der Waals surface area (Å²) in [6, 6.07) is 7.27. The standard InChI is InChI=1S/C13H16N2O3S/c1-13(2,3)10-5-4-6-11(9-10)15-19(16,17)12-14-7-8-18-12/h4-9,15H,1-3H3. The molecule has 1 aromatic heterocycles. The van der Waals surface area contributed by atoms with Gasteiger partial charge in [-0.25, -0.2) is 4.98 Å². The van der Waals surface area contributed by atoms with Gasteiger partial charge in [-0.2, -0.15) is 8.42 Å². The van der Waals surface area contributed by atoms with E-state index in [-0.39, 0.29) is 10.6 Å². The summed E-state index contributed by atoms with van der Waals surface area (Å²) in [4.78, 5) is 3.64. The van der Waals surface area contributed by atoms with Crippen molar-refractivity contribution in [3.05, 3.63) is 42.3 Å². The largest absolute Gasteiger partial charge is 0.435 e. The van der Waals surface area contributed by atoms with E-state index in [0.29, 0.717) is 5.69 Å². The lowest BCUT2D eigenvalue weighted by Crippen LogP contribution is -2.15. The van der Waals surface area contributed by atoms with Gasteiger partial charge in [-0.05, 0) is 23.1 Å². The topological polar surface area (TPSA) is 72.2 Å². The fourth-order valence-electron chi connectivity index (χ4n) is 1.59. The Kier molecular flexibility index (Phi) is 3.36. The SMILES string of the molecule is CC(C)(C)c1cccc(NS(=O)(=O)c2ncco2)c1. The molecule has 0 bridgehead atoms. The van der Waals surface area contributed by atoms with E-state index in [0.717, 1.165) is 5.56 Å². The molecule has 0 aliphatic carbocycles. The van der Waals surface area contributed by atoms with E-state index in [1.165, 1.54) is 12.5 Å². The van der Waals surface area contributed by atoms with Gasteiger partial charge in [0.2, 0.25) is 0 Å². The molecule has 2 aromatic rings. The summed E-state index contributed by atoms with van der Waals surface area (Å²) in [5, 5.41) is -0.339. The third-order valence-corrected chi connectivity index (χ3v) is 3.79. The molecule has 0 unspecified atom stereocenters. The zero-order valence-corrected chi connectivity index (χ0v) is 11.9. The van der Waals surface area contributed by atoms with Crippen LogP contribution in [0.3, 0.4) is 0 Å². The number of hydrogen-bond donors (Lipinski definition) is 1. The summed E-state index contributed by atoms with van der Waals surface area (Å²) in [5.41, 5.74) is 1.48. The number of rotatable bonds is 3. The van der Waals surface area contributed by atoms with E-state index in [9.17, 15) is 8.42 Å². The summed E-state index contributed by atoms with van der Waals surface area (Å²) in [5.74, 6) is 0. The predicted molar refractivity (Wildman–Crippen MR) is 72.5 cm³/mol. The minimum Gasteiger partial charge on any atom is -0.435 e. The van der Waals surface area contributed by atoms with Crippen LogP contribution in [0.25, 0.3) is 0 Å². The second-order valence-electron chi connectivity index (χ2n) is 5.23. The molecule has 1 aromatic carbocycles. The van der Waals surface area contributed by atoms with Crippen molar-refractivity contribution < 1.29 is 12.8 Å². The van der Waals surface area contributed by atoms with Gasteiger partial charge in [0.05, 0.1) is 6.20 Å². The highest BCUT2D eigenvalue weighted by Gasteiger charge is 2.20. The highest BCUT2D eigenvalue weighted by Crippen LogP contribution is 2.25. The predicted octanol–water partition coefficient (Wildman–Crippen LogP) is 2.77. The van der Waals surface area contributed by atoms with Crippen LogP contribution in [0.4, 0.5) is 5.69 Å². The molecule has 0 fully saturated rings. The summed E-state index contributed by atoms with van der Waals surface area (Å²) in [6.45, 7) is 6.19. The van der Waals surface area contributed by atoms with E-state index in [4.69, 9.17) is 4.42 Å². The fourth-order valence-corrected chi connectivity index (χ4v) is 2.50. The van der Waals surface area contributed by atoms with Crippen LogP contribution in [0, 0.1) is 0 Å². The molecule has 0 radical (unpaired) electrons. The van der Waals surface area contributed by atoms with Gasteiger partial charge in [0, 0.05) is 5.69 Å². The van der Waals surface area contributed by atoms with Crippen molar-refractivity contribution in [2.75, 3.05) is 4.72 Å². The molecule has 0 saturated heterocycles. The van der Waals surface area contributed by atoms with Gasteiger partial charge in [-0.1, -0.05) is 32.9 Å². The maximum absolute atomic E-state index is 12.0. The first-order valence-corrected chi connectivity index (χ1v) is 7.30. The molecule has 1 N–H and O–H groups in total. The lowest BCUT2D eigenvalue weighted by atomic mass is 9.87. The Labute approximate surface area is 112 Å². The lowest BCUT2D eigenvalue weighted by molar-refractivity contribution is 0.432. The minimum absolute atomic E-state index is 0.0512. The molecular formula is C13H16N2O3S. The van der Waals surface area contributed by atoms with Gasteiger partial charge < -0.3 is 4.42 Å². The monoisotopic (exact) mass is 280 g/mol. The molecule has 0 spiro atoms. The minimum atomic E-state index is -3.76. The number of nitrogens with one attached hydrogen (secondary N) is 1. The summed E-state index contributed by atoms with van der Waals surface area (Å²) < 4.78 is 31.2. The van der Waals surface area contributed by atoms with Crippen molar-refractivity contribution in [3.63, 3.8) is 0 Å². The second-order valence-corrected chi connectivity index (χ2v) is 6.79. The van der Waals surface area contributed by atoms with Crippen molar-refractivity contribution in [2.24, 2.45) is 0 Å². The third kappa shape index (κ3) is 3.14. The van der Waals surface area contributed by atoms with Gasteiger partial charge in [-0.15, -0.1) is 0 Å². The van der Waals surface area contributed by atoms with Gasteiger partial charge in [-0.3, -0.25) is 4.72 Å². The normalized spacial score (nSPS) is 12.4. The van der Waals surface area contributed by atoms with E-state index in [1.807, 2.05) is 12.1 Å². The van der Waals surface area contributed by atoms with Crippen LogP contribution in [0.1, 0.15) is 26.3 Å². The Morgan fingerprint density at radius 1 is 1.26 bits per heavy atom. The van der Waals surface area contributed by atoms with E-state index >= 15 is 0 Å². The Hall–Kier alpha value is -1.82. The van der Waals surface area contributed by atoms with Crippen molar-refractivity contribution in [1.82, 2.24) is 4.98 Å². The van der Waals surface area contributed by atoms with Gasteiger partial charge in [0.15, 0.2) is 0 Å². The first-order chi connectivity index (χ1) is 8.79. The van der Waals surface area contributed by atoms with Gasteiger partial charge in [0.1, 0.15) is 6.26 Å². The highest BCUT2D eigenvalue weighted by molar-refractivity contribution is 7.92. The Morgan fingerprint density at radius 2 is 2.00 bits per heavy atom. The average Bonchev–Trinajstić information content (AvgIpc) is 2.81. The maximum Gasteiger partial charge on any atom is 0.336 e. The fraction of sp³-hybridized carbons (Fsp3) is 0.308. The number of benzene rings is 1. The molecule has 19 heavy (non-hydrogen) atoms. The van der Waals surface area contributed by atoms with E-state index in [2.05, 4.69) is 30.5 Å². The molecule has 1 heterocycles. The van der Waals surface area contributed by atoms with Crippen LogP contribution in [0.5, 0.6) is 0 Å². The Balaban J connectivity index is 2.30. The van der Waals surface area contributed by atoms with Crippen molar-refractivity contribution in [3.8, 4) is 0 Å². The number of sulfonamides is 1. The molecule has 5 nitrogen and oxygen atoms in total. The number of hydrogen-bond acceptors (Lipinski definition) is 4. The second kappa shape index (κ2) is 4.70. The van der Waals surface area contributed by atoms with Crippen molar-refractivity contribution in [2.45, 2.75) is 31.4 Å². The number of nitrogens with zero attached hydrogens (tertiary/aromatic N) is 1. The smallest absolute Gasteiger partial charge is 0.336 e. The number of anilines is 1. The summed E-state index contributed by atoms with van der Waals surface area (Å²) in [7, 11) is -3.76. The molecule has 0 aliphatic rings. The molecule has 0 saturated carbocycles. The Bertz CT molecular complexity index is 655. The van der Waals surface area contributed by atoms with Gasteiger partial charge in [0.25, 0.3) is 0 Å². The maximum atomic E-state index is 12.0. The number of aromatic nitrogens is 1. The van der Waals surface area contributed by atoms with Crippen LogP contribution in [-0.2, 0) is 15.4 Å². The molecule has 6 heteroatoms. The van der Waals surface area contributed by atoms with E-state index < -0.39 is 10.0 Å². The van der Waals surface area contributed by atoms with Crippen LogP contribution in [0.2, 0.25) is 0 Å².